The largest absolute Gasteiger partial charge is 0.497 e. The lowest BCUT2D eigenvalue weighted by atomic mass is 10.2. The van der Waals surface area contributed by atoms with Crippen LogP contribution in [0.1, 0.15) is 22.7 Å². The summed E-state index contributed by atoms with van der Waals surface area (Å²) >= 11 is 1.59. The van der Waals surface area contributed by atoms with Crippen LogP contribution >= 0.6 is 11.3 Å². The number of hydrogen-bond acceptors (Lipinski definition) is 5. The molecule has 29 heavy (non-hydrogen) atoms. The molecule has 0 bridgehead atoms. The van der Waals surface area contributed by atoms with Crippen LogP contribution in [0.5, 0.6) is 5.75 Å². The summed E-state index contributed by atoms with van der Waals surface area (Å²) in [6.07, 6.45) is 3.94. The van der Waals surface area contributed by atoms with Crippen molar-refractivity contribution >= 4 is 29.2 Å². The van der Waals surface area contributed by atoms with Gasteiger partial charge in [-0.25, -0.2) is 4.99 Å². The highest BCUT2D eigenvalue weighted by Gasteiger charge is 2.16. The van der Waals surface area contributed by atoms with Crippen molar-refractivity contribution in [2.75, 3.05) is 7.11 Å². The van der Waals surface area contributed by atoms with E-state index in [9.17, 15) is 0 Å². The third kappa shape index (κ3) is 4.07. The molecule has 0 spiro atoms. The van der Waals surface area contributed by atoms with Crippen molar-refractivity contribution < 1.29 is 9.26 Å². The van der Waals surface area contributed by atoms with Crippen LogP contribution in [0.4, 0.5) is 5.69 Å². The zero-order chi connectivity index (χ0) is 20.2. The molecule has 146 valence electrons. The molecule has 2 heterocycles. The first-order valence-corrected chi connectivity index (χ1v) is 10.1. The minimum atomic E-state index is 0.689. The summed E-state index contributed by atoms with van der Waals surface area (Å²) in [7, 11) is 1.66. The molecule has 0 N–H and O–H groups in total. The second-order valence-electron chi connectivity index (χ2n) is 6.53. The Labute approximate surface area is 173 Å². The quantitative estimate of drug-likeness (QED) is 0.439. The number of aromatic nitrogens is 2. The Morgan fingerprint density at radius 3 is 2.52 bits per heavy atom. The molecule has 0 saturated heterocycles. The van der Waals surface area contributed by atoms with Gasteiger partial charge < -0.3 is 9.26 Å². The van der Waals surface area contributed by atoms with E-state index in [2.05, 4.69) is 22.0 Å². The van der Waals surface area contributed by atoms with Crippen molar-refractivity contribution in [3.63, 3.8) is 0 Å². The zero-order valence-electron chi connectivity index (χ0n) is 16.5. The fourth-order valence-corrected chi connectivity index (χ4v) is 3.89. The predicted molar refractivity (Wildman–Crippen MR) is 117 cm³/mol. The van der Waals surface area contributed by atoms with Crippen molar-refractivity contribution in [1.82, 2.24) is 9.72 Å². The van der Waals surface area contributed by atoms with Gasteiger partial charge in [0, 0.05) is 11.1 Å². The molecular weight excluding hydrogens is 382 g/mol. The van der Waals surface area contributed by atoms with Gasteiger partial charge in [-0.2, -0.15) is 0 Å². The summed E-state index contributed by atoms with van der Waals surface area (Å²) in [6.45, 7) is 4.00. The molecule has 4 rings (SSSR count). The zero-order valence-corrected chi connectivity index (χ0v) is 17.3. The maximum absolute atomic E-state index is 5.63. The van der Waals surface area contributed by atoms with Gasteiger partial charge in [0.2, 0.25) is 0 Å². The lowest BCUT2D eigenvalue weighted by molar-refractivity contribution is 0.408. The Hall–Kier alpha value is -3.38. The van der Waals surface area contributed by atoms with E-state index in [1.807, 2.05) is 73.7 Å². The van der Waals surface area contributed by atoms with Gasteiger partial charge in [-0.05, 0) is 49.8 Å². The Morgan fingerprint density at radius 1 is 1.03 bits per heavy atom. The van der Waals surface area contributed by atoms with Gasteiger partial charge in [-0.3, -0.25) is 4.57 Å². The molecule has 5 nitrogen and oxygen atoms in total. The molecule has 0 aliphatic rings. The number of methoxy groups -OCH3 is 1. The lowest BCUT2D eigenvalue weighted by Crippen LogP contribution is -2.15. The second-order valence-corrected chi connectivity index (χ2v) is 7.37. The average molecular weight is 404 g/mol. The summed E-state index contributed by atoms with van der Waals surface area (Å²) in [6, 6.07) is 17.8. The van der Waals surface area contributed by atoms with Crippen LogP contribution in [0.15, 0.2) is 69.5 Å². The molecule has 0 atom stereocenters. The number of para-hydroxylation sites is 1. The first-order valence-electron chi connectivity index (χ1n) is 9.21. The summed E-state index contributed by atoms with van der Waals surface area (Å²) in [5, 5.41) is 6.29. The highest BCUT2D eigenvalue weighted by Crippen LogP contribution is 2.23. The summed E-state index contributed by atoms with van der Waals surface area (Å²) in [4.78, 5) is 5.69. The van der Waals surface area contributed by atoms with Crippen molar-refractivity contribution in [3.05, 3.63) is 87.5 Å². The number of nitrogens with zero attached hydrogens (tertiary/aromatic N) is 3. The smallest absolute Gasteiger partial charge is 0.194 e. The standard InChI is InChI=1S/C23H21N3O2S/c1-16-15-29-23(24-19-7-5-4-6-8-19)26(16)22-17(2)25-28-21(22)14-11-18-9-12-20(27-3)13-10-18/h4-15H,1-3H3/b14-11+,24-23?. The molecular formula is C23H21N3O2S. The molecule has 4 aromatic rings. The van der Waals surface area contributed by atoms with Crippen LogP contribution in [0.3, 0.4) is 0 Å². The van der Waals surface area contributed by atoms with Gasteiger partial charge in [0.25, 0.3) is 0 Å². The monoisotopic (exact) mass is 403 g/mol. The fourth-order valence-electron chi connectivity index (χ4n) is 3.01. The molecule has 6 heteroatoms. The average Bonchev–Trinajstić information content (AvgIpc) is 3.29. The Kier molecular flexibility index (Phi) is 5.44. The highest BCUT2D eigenvalue weighted by atomic mass is 32.1. The third-order valence-corrected chi connectivity index (χ3v) is 5.43. The maximum Gasteiger partial charge on any atom is 0.194 e. The summed E-state index contributed by atoms with van der Waals surface area (Å²) in [5.74, 6) is 1.52. The van der Waals surface area contributed by atoms with Gasteiger partial charge in [0.15, 0.2) is 10.6 Å². The van der Waals surface area contributed by atoms with E-state index in [0.29, 0.717) is 5.76 Å². The molecule has 0 radical (unpaired) electrons. The number of hydrogen-bond donors (Lipinski definition) is 0. The number of benzene rings is 2. The van der Waals surface area contributed by atoms with Crippen molar-refractivity contribution in [2.24, 2.45) is 4.99 Å². The van der Waals surface area contributed by atoms with Crippen LogP contribution < -0.4 is 9.54 Å². The first kappa shape index (κ1) is 19.0. The van der Waals surface area contributed by atoms with Crippen LogP contribution in [-0.4, -0.2) is 16.8 Å². The van der Waals surface area contributed by atoms with Gasteiger partial charge in [0.1, 0.15) is 17.1 Å². The summed E-state index contributed by atoms with van der Waals surface area (Å²) < 4.78 is 12.9. The number of ether oxygens (including phenoxy) is 1. The number of aryl methyl sites for hydroxylation is 2. The van der Waals surface area contributed by atoms with Crippen LogP contribution in [-0.2, 0) is 0 Å². The molecule has 0 fully saturated rings. The molecule has 2 aromatic heterocycles. The van der Waals surface area contributed by atoms with Gasteiger partial charge >= 0.3 is 0 Å². The predicted octanol–water partition coefficient (Wildman–Crippen LogP) is 5.56. The Morgan fingerprint density at radius 2 is 1.79 bits per heavy atom. The number of thiazole rings is 1. The molecule has 0 aliphatic heterocycles. The molecule has 2 aromatic carbocycles. The van der Waals surface area contributed by atoms with Crippen LogP contribution in [0.25, 0.3) is 17.8 Å². The molecule has 0 amide bonds. The van der Waals surface area contributed by atoms with Crippen molar-refractivity contribution in [3.8, 4) is 11.4 Å². The van der Waals surface area contributed by atoms with E-state index in [1.165, 1.54) is 0 Å². The van der Waals surface area contributed by atoms with Crippen molar-refractivity contribution in [2.45, 2.75) is 13.8 Å². The Balaban J connectivity index is 1.76. The van der Waals surface area contributed by atoms with E-state index in [4.69, 9.17) is 14.3 Å². The van der Waals surface area contributed by atoms with E-state index < -0.39 is 0 Å². The normalized spacial score (nSPS) is 12.0. The summed E-state index contributed by atoms with van der Waals surface area (Å²) in [5.41, 5.74) is 4.76. The number of rotatable bonds is 5. The van der Waals surface area contributed by atoms with E-state index in [0.717, 1.165) is 38.9 Å². The topological polar surface area (TPSA) is 52.6 Å². The van der Waals surface area contributed by atoms with Crippen molar-refractivity contribution in [1.29, 1.82) is 0 Å². The van der Waals surface area contributed by atoms with E-state index in [-0.39, 0.29) is 0 Å². The van der Waals surface area contributed by atoms with Gasteiger partial charge in [0.05, 0.1) is 12.8 Å². The minimum Gasteiger partial charge on any atom is -0.497 e. The van der Waals surface area contributed by atoms with Gasteiger partial charge in [-0.1, -0.05) is 41.6 Å². The molecule has 0 aliphatic carbocycles. The Bertz CT molecular complexity index is 1200. The third-order valence-electron chi connectivity index (χ3n) is 4.48. The molecule has 0 saturated carbocycles. The highest BCUT2D eigenvalue weighted by molar-refractivity contribution is 7.07. The SMILES string of the molecule is COc1ccc(/C=C/c2onc(C)c2-n2c(C)csc2=Nc2ccccc2)cc1. The second kappa shape index (κ2) is 8.32. The minimum absolute atomic E-state index is 0.689. The van der Waals surface area contributed by atoms with Crippen LogP contribution in [0.2, 0.25) is 0 Å². The fraction of sp³-hybridized carbons (Fsp3) is 0.130. The lowest BCUT2D eigenvalue weighted by Gasteiger charge is -2.05. The maximum atomic E-state index is 5.63. The van der Waals surface area contributed by atoms with E-state index >= 15 is 0 Å². The van der Waals surface area contributed by atoms with Crippen LogP contribution in [0, 0.1) is 13.8 Å². The van der Waals surface area contributed by atoms with Gasteiger partial charge in [-0.15, -0.1) is 11.3 Å². The first-order chi connectivity index (χ1) is 14.2. The van der Waals surface area contributed by atoms with E-state index in [1.54, 1.807) is 18.4 Å². The molecule has 0 unspecified atom stereocenters.